The molecular formula is C12H26N2. The van der Waals surface area contributed by atoms with E-state index in [1.54, 1.807) is 0 Å². The Hall–Kier alpha value is -0.0800. The van der Waals surface area contributed by atoms with Crippen LogP contribution >= 0.6 is 0 Å². The van der Waals surface area contributed by atoms with Gasteiger partial charge in [0.1, 0.15) is 0 Å². The molecule has 1 unspecified atom stereocenters. The molecule has 0 aromatic carbocycles. The summed E-state index contributed by atoms with van der Waals surface area (Å²) in [6.45, 7) is 12.9. The molecule has 0 bridgehead atoms. The number of hydrogen-bond donors (Lipinski definition) is 1. The normalized spacial score (nSPS) is 26.1. The van der Waals surface area contributed by atoms with Crippen LogP contribution < -0.4 is 5.32 Å². The summed E-state index contributed by atoms with van der Waals surface area (Å²) < 4.78 is 0. The summed E-state index contributed by atoms with van der Waals surface area (Å²) in [5.74, 6) is 0. The average Bonchev–Trinajstić information content (AvgIpc) is 2.42. The van der Waals surface area contributed by atoms with E-state index in [0.717, 1.165) is 12.6 Å². The Balaban J connectivity index is 2.49. The maximum atomic E-state index is 3.62. The SMILES string of the molecule is CCC1CCN(C(C)(C)CC)CCN1. The van der Waals surface area contributed by atoms with Gasteiger partial charge >= 0.3 is 0 Å². The molecule has 0 aromatic heterocycles. The van der Waals surface area contributed by atoms with Gasteiger partial charge in [-0.25, -0.2) is 0 Å². The Morgan fingerprint density at radius 1 is 1.29 bits per heavy atom. The van der Waals surface area contributed by atoms with E-state index in [2.05, 4.69) is 37.9 Å². The Bertz CT molecular complexity index is 166. The topological polar surface area (TPSA) is 15.3 Å². The molecule has 0 aliphatic carbocycles. The average molecular weight is 198 g/mol. The Morgan fingerprint density at radius 2 is 2.00 bits per heavy atom. The smallest absolute Gasteiger partial charge is 0.0151 e. The Morgan fingerprint density at radius 3 is 2.57 bits per heavy atom. The van der Waals surface area contributed by atoms with Crippen LogP contribution in [0.5, 0.6) is 0 Å². The predicted molar refractivity (Wildman–Crippen MR) is 62.6 cm³/mol. The van der Waals surface area contributed by atoms with E-state index < -0.39 is 0 Å². The molecule has 1 heterocycles. The first-order valence-corrected chi connectivity index (χ1v) is 6.08. The van der Waals surface area contributed by atoms with Gasteiger partial charge in [-0.05, 0) is 33.1 Å². The lowest BCUT2D eigenvalue weighted by Gasteiger charge is -2.37. The summed E-state index contributed by atoms with van der Waals surface area (Å²) in [7, 11) is 0. The largest absolute Gasteiger partial charge is 0.313 e. The van der Waals surface area contributed by atoms with E-state index in [1.165, 1.54) is 32.4 Å². The van der Waals surface area contributed by atoms with E-state index in [-0.39, 0.29) is 0 Å². The van der Waals surface area contributed by atoms with Crippen LogP contribution in [-0.2, 0) is 0 Å². The third kappa shape index (κ3) is 2.96. The molecule has 1 aliphatic heterocycles. The lowest BCUT2D eigenvalue weighted by molar-refractivity contribution is 0.124. The fraction of sp³-hybridized carbons (Fsp3) is 1.00. The first-order chi connectivity index (χ1) is 6.60. The highest BCUT2D eigenvalue weighted by molar-refractivity contribution is 4.84. The first-order valence-electron chi connectivity index (χ1n) is 6.08. The zero-order valence-electron chi connectivity index (χ0n) is 10.3. The second-order valence-electron chi connectivity index (χ2n) is 5.00. The molecule has 0 amide bonds. The highest BCUT2D eigenvalue weighted by Crippen LogP contribution is 2.20. The monoisotopic (exact) mass is 198 g/mol. The number of nitrogens with zero attached hydrogens (tertiary/aromatic N) is 1. The van der Waals surface area contributed by atoms with Gasteiger partial charge in [-0.1, -0.05) is 13.8 Å². The molecule has 14 heavy (non-hydrogen) atoms. The van der Waals surface area contributed by atoms with Crippen LogP contribution in [0.2, 0.25) is 0 Å². The van der Waals surface area contributed by atoms with Gasteiger partial charge in [-0.15, -0.1) is 0 Å². The van der Waals surface area contributed by atoms with Crippen molar-refractivity contribution in [3.8, 4) is 0 Å². The zero-order chi connectivity index (χ0) is 10.6. The van der Waals surface area contributed by atoms with Crippen molar-refractivity contribution in [2.45, 2.75) is 58.5 Å². The molecule has 2 nitrogen and oxygen atoms in total. The molecule has 0 aromatic rings. The second-order valence-corrected chi connectivity index (χ2v) is 5.00. The van der Waals surface area contributed by atoms with Crippen LogP contribution in [0, 0.1) is 0 Å². The van der Waals surface area contributed by atoms with Crippen molar-refractivity contribution < 1.29 is 0 Å². The molecule has 1 N–H and O–H groups in total. The maximum Gasteiger partial charge on any atom is 0.0151 e. The minimum Gasteiger partial charge on any atom is -0.313 e. The van der Waals surface area contributed by atoms with Gasteiger partial charge in [0.05, 0.1) is 0 Å². The molecule has 0 spiro atoms. The number of hydrogen-bond acceptors (Lipinski definition) is 2. The van der Waals surface area contributed by atoms with Crippen molar-refractivity contribution in [2.75, 3.05) is 19.6 Å². The Labute approximate surface area is 89.1 Å². The van der Waals surface area contributed by atoms with Crippen LogP contribution in [0.3, 0.4) is 0 Å². The first kappa shape index (κ1) is 12.0. The maximum absolute atomic E-state index is 3.62. The quantitative estimate of drug-likeness (QED) is 0.748. The van der Waals surface area contributed by atoms with Gasteiger partial charge in [0.15, 0.2) is 0 Å². The summed E-state index contributed by atoms with van der Waals surface area (Å²) in [6.07, 6.45) is 3.81. The highest BCUT2D eigenvalue weighted by Gasteiger charge is 2.26. The molecule has 1 atom stereocenters. The molecule has 1 rings (SSSR count). The molecule has 84 valence electrons. The molecule has 1 aliphatic rings. The molecule has 0 saturated carbocycles. The summed E-state index contributed by atoms with van der Waals surface area (Å²) in [5.41, 5.74) is 0.379. The van der Waals surface area contributed by atoms with Gasteiger partial charge in [0, 0.05) is 31.2 Å². The van der Waals surface area contributed by atoms with Crippen molar-refractivity contribution in [2.24, 2.45) is 0 Å². The fourth-order valence-electron chi connectivity index (χ4n) is 2.11. The fourth-order valence-corrected chi connectivity index (χ4v) is 2.11. The van der Waals surface area contributed by atoms with Crippen molar-refractivity contribution in [1.82, 2.24) is 10.2 Å². The van der Waals surface area contributed by atoms with Crippen LogP contribution in [0.15, 0.2) is 0 Å². The van der Waals surface area contributed by atoms with Gasteiger partial charge < -0.3 is 5.32 Å². The predicted octanol–water partition coefficient (Wildman–Crippen LogP) is 2.25. The van der Waals surface area contributed by atoms with E-state index in [0.29, 0.717) is 5.54 Å². The standard InChI is InChI=1S/C12H26N2/c1-5-11-7-9-14(10-8-13-11)12(3,4)6-2/h11,13H,5-10H2,1-4H3. The van der Waals surface area contributed by atoms with E-state index >= 15 is 0 Å². The van der Waals surface area contributed by atoms with Crippen molar-refractivity contribution in [3.05, 3.63) is 0 Å². The molecular weight excluding hydrogens is 172 g/mol. The molecule has 1 saturated heterocycles. The van der Waals surface area contributed by atoms with E-state index in [9.17, 15) is 0 Å². The van der Waals surface area contributed by atoms with Crippen molar-refractivity contribution in [1.29, 1.82) is 0 Å². The summed E-state index contributed by atoms with van der Waals surface area (Å²) in [5, 5.41) is 3.62. The Kier molecular flexibility index (Phi) is 4.39. The van der Waals surface area contributed by atoms with Gasteiger partial charge in [0.2, 0.25) is 0 Å². The summed E-state index contributed by atoms with van der Waals surface area (Å²) in [4.78, 5) is 2.63. The van der Waals surface area contributed by atoms with E-state index in [1.807, 2.05) is 0 Å². The van der Waals surface area contributed by atoms with Crippen molar-refractivity contribution >= 4 is 0 Å². The number of nitrogens with one attached hydrogen (secondary N) is 1. The lowest BCUT2D eigenvalue weighted by Crippen LogP contribution is -2.45. The minimum absolute atomic E-state index is 0.379. The van der Waals surface area contributed by atoms with Crippen LogP contribution in [-0.4, -0.2) is 36.1 Å². The summed E-state index contributed by atoms with van der Waals surface area (Å²) >= 11 is 0. The molecule has 0 radical (unpaired) electrons. The van der Waals surface area contributed by atoms with Crippen LogP contribution in [0.1, 0.15) is 47.0 Å². The van der Waals surface area contributed by atoms with Gasteiger partial charge in [0.25, 0.3) is 0 Å². The third-order valence-electron chi connectivity index (χ3n) is 3.78. The van der Waals surface area contributed by atoms with E-state index in [4.69, 9.17) is 0 Å². The highest BCUT2D eigenvalue weighted by atomic mass is 15.2. The van der Waals surface area contributed by atoms with Crippen LogP contribution in [0.25, 0.3) is 0 Å². The second kappa shape index (κ2) is 5.13. The van der Waals surface area contributed by atoms with Crippen LogP contribution in [0.4, 0.5) is 0 Å². The van der Waals surface area contributed by atoms with Crippen molar-refractivity contribution in [3.63, 3.8) is 0 Å². The summed E-state index contributed by atoms with van der Waals surface area (Å²) in [6, 6.07) is 0.743. The third-order valence-corrected chi connectivity index (χ3v) is 3.78. The lowest BCUT2D eigenvalue weighted by atomic mass is 9.98. The zero-order valence-corrected chi connectivity index (χ0v) is 10.3. The van der Waals surface area contributed by atoms with Gasteiger partial charge in [-0.2, -0.15) is 0 Å². The minimum atomic E-state index is 0.379. The molecule has 1 fully saturated rings. The number of rotatable bonds is 3. The molecule has 2 heteroatoms. The van der Waals surface area contributed by atoms with Gasteiger partial charge in [-0.3, -0.25) is 4.90 Å².